The van der Waals surface area contributed by atoms with E-state index in [1.54, 1.807) is 21.8 Å². The Bertz CT molecular complexity index is 703. The molecule has 0 spiro atoms. The number of thioether (sulfide) groups is 1. The first kappa shape index (κ1) is 19.7. The molecule has 2 rings (SSSR count). The van der Waals surface area contributed by atoms with Gasteiger partial charge < -0.3 is 4.74 Å². The van der Waals surface area contributed by atoms with Gasteiger partial charge in [-0.05, 0) is 30.9 Å². The first-order valence-corrected chi connectivity index (χ1v) is 11.2. The highest BCUT2D eigenvalue weighted by Gasteiger charge is 2.38. The number of ether oxygens (including phenoxy) is 1. The smallest absolute Gasteiger partial charge is 0.330 e. The van der Waals surface area contributed by atoms with Crippen LogP contribution in [0.5, 0.6) is 0 Å². The summed E-state index contributed by atoms with van der Waals surface area (Å²) in [5, 5.41) is 1.66. The molecule has 0 aliphatic carbocycles. The molecule has 0 saturated carbocycles. The van der Waals surface area contributed by atoms with Gasteiger partial charge in [-0.3, -0.25) is 0 Å². The van der Waals surface area contributed by atoms with Gasteiger partial charge in [-0.15, -0.1) is 11.8 Å². The maximum absolute atomic E-state index is 12.9. The first-order chi connectivity index (χ1) is 11.3. The number of hydrogen-bond donors (Lipinski definition) is 0. The van der Waals surface area contributed by atoms with Gasteiger partial charge in [-0.2, -0.15) is 4.31 Å². The number of methoxy groups -OCH3 is 1. The van der Waals surface area contributed by atoms with Crippen molar-refractivity contribution < 1.29 is 17.9 Å². The summed E-state index contributed by atoms with van der Waals surface area (Å²) in [7, 11) is -2.17. The number of benzene rings is 1. The highest BCUT2D eigenvalue weighted by molar-refractivity contribution is 14.1. The van der Waals surface area contributed by atoms with Crippen LogP contribution in [0.4, 0.5) is 0 Å². The Morgan fingerprint density at radius 2 is 2.08 bits per heavy atom. The van der Waals surface area contributed by atoms with Crippen LogP contribution < -0.4 is 0 Å². The zero-order chi connectivity index (χ0) is 17.7. The molecular weight excluding hydrogens is 461 g/mol. The number of aryl methyl sites for hydroxylation is 1. The number of nitrogens with zero attached hydrogens (tertiary/aromatic N) is 1. The number of esters is 1. The van der Waals surface area contributed by atoms with E-state index in [1.165, 1.54) is 24.9 Å². The Kier molecular flexibility index (Phi) is 7.14. The summed E-state index contributed by atoms with van der Waals surface area (Å²) in [6.07, 6.45) is 2.16. The minimum Gasteiger partial charge on any atom is -0.466 e. The average molecular weight is 481 g/mol. The lowest BCUT2D eigenvalue weighted by Gasteiger charge is -2.23. The summed E-state index contributed by atoms with van der Waals surface area (Å²) >= 11 is 3.72. The van der Waals surface area contributed by atoms with Gasteiger partial charge >= 0.3 is 5.97 Å². The topological polar surface area (TPSA) is 63.7 Å². The Balaban J connectivity index is 2.10. The van der Waals surface area contributed by atoms with Crippen molar-refractivity contribution in [2.75, 3.05) is 19.4 Å². The molecule has 0 amide bonds. The first-order valence-electron chi connectivity index (χ1n) is 7.43. The van der Waals surface area contributed by atoms with Gasteiger partial charge in [0.05, 0.1) is 12.0 Å². The van der Waals surface area contributed by atoms with Crippen LogP contribution >= 0.6 is 34.4 Å². The van der Waals surface area contributed by atoms with Gasteiger partial charge in [0.25, 0.3) is 0 Å². The number of rotatable bonds is 6. The van der Waals surface area contributed by atoms with Crippen molar-refractivity contribution in [1.29, 1.82) is 0 Å². The van der Waals surface area contributed by atoms with Crippen molar-refractivity contribution in [3.63, 3.8) is 0 Å². The molecule has 24 heavy (non-hydrogen) atoms. The zero-order valence-corrected chi connectivity index (χ0v) is 17.3. The van der Waals surface area contributed by atoms with Crippen LogP contribution in [0.2, 0.25) is 0 Å². The molecule has 0 bridgehead atoms. The van der Waals surface area contributed by atoms with Crippen LogP contribution in [0.15, 0.2) is 40.6 Å². The molecule has 1 aromatic rings. The molecule has 132 valence electrons. The predicted molar refractivity (Wildman–Crippen MR) is 105 cm³/mol. The second-order valence-electron chi connectivity index (χ2n) is 5.53. The molecule has 1 aliphatic rings. The molecule has 1 unspecified atom stereocenters. The van der Waals surface area contributed by atoms with E-state index in [-0.39, 0.29) is 9.97 Å². The monoisotopic (exact) mass is 481 g/mol. The van der Waals surface area contributed by atoms with Crippen molar-refractivity contribution in [2.24, 2.45) is 0 Å². The van der Waals surface area contributed by atoms with Crippen LogP contribution in [0.1, 0.15) is 12.0 Å². The zero-order valence-electron chi connectivity index (χ0n) is 13.5. The van der Waals surface area contributed by atoms with Crippen LogP contribution in [0.3, 0.4) is 0 Å². The highest BCUT2D eigenvalue weighted by atomic mass is 127. The van der Waals surface area contributed by atoms with E-state index in [4.69, 9.17) is 0 Å². The number of halogens is 1. The summed E-state index contributed by atoms with van der Waals surface area (Å²) in [6, 6.07) is 6.87. The summed E-state index contributed by atoms with van der Waals surface area (Å²) in [4.78, 5) is 11.4. The normalized spacial score (nSPS) is 22.1. The largest absolute Gasteiger partial charge is 0.466 e. The molecule has 0 radical (unpaired) electrons. The van der Waals surface area contributed by atoms with Gasteiger partial charge in [0.2, 0.25) is 10.0 Å². The fraction of sp³-hybridized carbons (Fsp3) is 0.438. The average Bonchev–Trinajstić information content (AvgIpc) is 2.93. The van der Waals surface area contributed by atoms with Crippen molar-refractivity contribution in [3.8, 4) is 0 Å². The van der Waals surface area contributed by atoms with Crippen molar-refractivity contribution in [3.05, 3.63) is 41.3 Å². The van der Waals surface area contributed by atoms with Gasteiger partial charge in [-0.25, -0.2) is 13.2 Å². The van der Waals surface area contributed by atoms with Crippen LogP contribution in [-0.4, -0.2) is 48.1 Å². The van der Waals surface area contributed by atoms with E-state index < -0.39 is 16.0 Å². The second-order valence-corrected chi connectivity index (χ2v) is 10.1. The third kappa shape index (κ3) is 4.96. The Morgan fingerprint density at radius 1 is 1.42 bits per heavy atom. The summed E-state index contributed by atoms with van der Waals surface area (Å²) in [6.45, 7) is 2.45. The van der Waals surface area contributed by atoms with Gasteiger partial charge in [0.15, 0.2) is 0 Å². The second kappa shape index (κ2) is 8.68. The molecule has 1 aromatic carbocycles. The highest BCUT2D eigenvalue weighted by Crippen LogP contribution is 2.32. The van der Waals surface area contributed by atoms with E-state index in [9.17, 15) is 13.2 Å². The maximum atomic E-state index is 12.9. The van der Waals surface area contributed by atoms with Crippen molar-refractivity contribution in [2.45, 2.75) is 28.2 Å². The lowest BCUT2D eigenvalue weighted by Crippen LogP contribution is -2.37. The third-order valence-corrected chi connectivity index (χ3v) is 7.47. The molecule has 1 aliphatic heterocycles. The Hall–Kier alpha value is -0.580. The molecule has 1 heterocycles. The van der Waals surface area contributed by atoms with E-state index in [0.717, 1.165) is 12.0 Å². The standard InChI is InChI=1S/C16H20INO4S2/c1-12-3-5-15(6-4-12)24(20,21)18-10-13(17)9-14(18)11-23-8-7-16(19)22-2/h3-8,13-14H,9-11H2,1-2H3/b8-7+/t13?,14-/m0/s1. The molecule has 2 atom stereocenters. The van der Waals surface area contributed by atoms with Crippen LogP contribution in [0, 0.1) is 6.92 Å². The van der Waals surface area contributed by atoms with Gasteiger partial charge in [0.1, 0.15) is 0 Å². The van der Waals surface area contributed by atoms with Crippen LogP contribution in [0.25, 0.3) is 0 Å². The molecule has 8 heteroatoms. The summed E-state index contributed by atoms with van der Waals surface area (Å²) < 4.78 is 32.2. The predicted octanol–water partition coefficient (Wildman–Crippen LogP) is 2.98. The van der Waals surface area contributed by atoms with E-state index in [1.807, 2.05) is 19.1 Å². The number of carbonyl (C=O) groups excluding carboxylic acids is 1. The minimum atomic E-state index is -3.50. The SMILES string of the molecule is COC(=O)/C=C/SC[C@@H]1CC(I)CN1S(=O)(=O)c1ccc(C)cc1. The quantitative estimate of drug-likeness (QED) is 0.271. The summed E-state index contributed by atoms with van der Waals surface area (Å²) in [5.74, 6) is 0.197. The Morgan fingerprint density at radius 3 is 2.71 bits per heavy atom. The Labute approximate surface area is 161 Å². The number of sulfonamides is 1. The van der Waals surface area contributed by atoms with Crippen molar-refractivity contribution in [1.82, 2.24) is 4.31 Å². The fourth-order valence-corrected chi connectivity index (χ4v) is 6.37. The van der Waals surface area contributed by atoms with E-state index in [2.05, 4.69) is 27.3 Å². The molecule has 1 fully saturated rings. The maximum Gasteiger partial charge on any atom is 0.330 e. The molecule has 5 nitrogen and oxygen atoms in total. The lowest BCUT2D eigenvalue weighted by molar-refractivity contribution is -0.134. The van der Waals surface area contributed by atoms with Gasteiger partial charge in [0, 0.05) is 28.3 Å². The van der Waals surface area contributed by atoms with E-state index >= 15 is 0 Å². The molecule has 1 saturated heterocycles. The fourth-order valence-electron chi connectivity index (χ4n) is 2.46. The van der Waals surface area contributed by atoms with E-state index in [0.29, 0.717) is 17.2 Å². The number of hydrogen-bond acceptors (Lipinski definition) is 5. The summed E-state index contributed by atoms with van der Waals surface area (Å²) in [5.41, 5.74) is 1.03. The molecular formula is C16H20INO4S2. The van der Waals surface area contributed by atoms with Gasteiger partial charge in [-0.1, -0.05) is 40.3 Å². The van der Waals surface area contributed by atoms with Crippen molar-refractivity contribution >= 4 is 50.3 Å². The molecule has 0 N–H and O–H groups in total. The minimum absolute atomic E-state index is 0.0782. The number of alkyl halides is 1. The third-order valence-electron chi connectivity index (χ3n) is 3.73. The lowest BCUT2D eigenvalue weighted by atomic mass is 10.2. The van der Waals surface area contributed by atoms with Crippen LogP contribution in [-0.2, 0) is 19.6 Å². The number of carbonyl (C=O) groups is 1. The molecule has 0 aromatic heterocycles.